The first-order valence-electron chi connectivity index (χ1n) is 5.90. The number of carbonyl (C=O) groups is 1. The molecule has 0 bridgehead atoms. The van der Waals surface area contributed by atoms with Gasteiger partial charge >= 0.3 is 5.97 Å². The van der Waals surface area contributed by atoms with Gasteiger partial charge in [0.05, 0.1) is 5.56 Å². The van der Waals surface area contributed by atoms with E-state index in [1.54, 1.807) is 6.07 Å². The third kappa shape index (κ3) is 2.43. The lowest BCUT2D eigenvalue weighted by Gasteiger charge is -2.09. The minimum absolute atomic E-state index is 0.361. The first-order valence-corrected chi connectivity index (χ1v) is 5.90. The largest absolute Gasteiger partial charge is 0.478 e. The van der Waals surface area contributed by atoms with Gasteiger partial charge in [-0.3, -0.25) is 0 Å². The van der Waals surface area contributed by atoms with Crippen molar-refractivity contribution in [3.8, 4) is 11.1 Å². The van der Waals surface area contributed by atoms with Crippen molar-refractivity contribution in [1.82, 2.24) is 0 Å². The summed E-state index contributed by atoms with van der Waals surface area (Å²) in [6.45, 7) is 5.94. The third-order valence-electron chi connectivity index (χ3n) is 2.94. The van der Waals surface area contributed by atoms with Gasteiger partial charge < -0.3 is 5.11 Å². The normalized spacial score (nSPS) is 10.4. The van der Waals surface area contributed by atoms with Crippen molar-refractivity contribution < 1.29 is 9.90 Å². The van der Waals surface area contributed by atoms with Crippen molar-refractivity contribution in [3.05, 3.63) is 58.7 Å². The van der Waals surface area contributed by atoms with Gasteiger partial charge in [-0.05, 0) is 38.0 Å². The average Bonchev–Trinajstić information content (AvgIpc) is 2.27. The Morgan fingerprint density at radius 3 is 2.06 bits per heavy atom. The van der Waals surface area contributed by atoms with Crippen LogP contribution in [0.5, 0.6) is 0 Å². The van der Waals surface area contributed by atoms with Crippen LogP contribution in [0.3, 0.4) is 0 Å². The van der Waals surface area contributed by atoms with Crippen molar-refractivity contribution >= 4 is 5.97 Å². The van der Waals surface area contributed by atoms with E-state index >= 15 is 0 Å². The minimum Gasteiger partial charge on any atom is -0.478 e. The van der Waals surface area contributed by atoms with Gasteiger partial charge in [-0.15, -0.1) is 0 Å². The zero-order valence-corrected chi connectivity index (χ0v) is 10.8. The molecule has 0 heterocycles. The van der Waals surface area contributed by atoms with E-state index < -0.39 is 5.97 Å². The maximum Gasteiger partial charge on any atom is 0.336 e. The molecule has 2 aromatic carbocycles. The summed E-state index contributed by atoms with van der Waals surface area (Å²) in [5.74, 6) is -0.882. The third-order valence-corrected chi connectivity index (χ3v) is 2.94. The van der Waals surface area contributed by atoms with Crippen LogP contribution in [0.4, 0.5) is 0 Å². The molecule has 0 saturated heterocycles. The van der Waals surface area contributed by atoms with E-state index in [0.29, 0.717) is 5.56 Å². The maximum atomic E-state index is 11.3. The molecule has 0 radical (unpaired) electrons. The highest BCUT2D eigenvalue weighted by Crippen LogP contribution is 2.26. The summed E-state index contributed by atoms with van der Waals surface area (Å²) < 4.78 is 0. The predicted molar refractivity (Wildman–Crippen MR) is 73.0 cm³/mol. The molecule has 0 amide bonds. The summed E-state index contributed by atoms with van der Waals surface area (Å²) >= 11 is 0. The summed E-state index contributed by atoms with van der Waals surface area (Å²) in [6.07, 6.45) is 0. The van der Waals surface area contributed by atoms with E-state index in [0.717, 1.165) is 27.8 Å². The molecule has 0 aliphatic carbocycles. The summed E-state index contributed by atoms with van der Waals surface area (Å²) in [7, 11) is 0. The van der Waals surface area contributed by atoms with E-state index in [2.05, 4.69) is 6.07 Å². The Morgan fingerprint density at radius 1 is 0.889 bits per heavy atom. The van der Waals surface area contributed by atoms with Crippen molar-refractivity contribution in [1.29, 1.82) is 0 Å². The number of hydrogen-bond donors (Lipinski definition) is 1. The SMILES string of the molecule is Cc1cc(C)cc(-c2ccc(C)cc2C(=O)O)c1. The molecule has 0 aliphatic rings. The van der Waals surface area contributed by atoms with Crippen LogP contribution in [-0.4, -0.2) is 11.1 Å². The minimum atomic E-state index is -0.882. The molecule has 0 saturated carbocycles. The Hall–Kier alpha value is -2.09. The highest BCUT2D eigenvalue weighted by molar-refractivity contribution is 5.96. The zero-order chi connectivity index (χ0) is 13.3. The topological polar surface area (TPSA) is 37.3 Å². The second kappa shape index (κ2) is 4.65. The van der Waals surface area contributed by atoms with Crippen LogP contribution in [0.25, 0.3) is 11.1 Å². The Morgan fingerprint density at radius 2 is 1.50 bits per heavy atom. The lowest BCUT2D eigenvalue weighted by Crippen LogP contribution is -2.00. The molecule has 1 N–H and O–H groups in total. The van der Waals surface area contributed by atoms with Gasteiger partial charge in [0.15, 0.2) is 0 Å². The van der Waals surface area contributed by atoms with E-state index in [-0.39, 0.29) is 0 Å². The fraction of sp³-hybridized carbons (Fsp3) is 0.188. The first-order chi connectivity index (χ1) is 8.47. The van der Waals surface area contributed by atoms with Crippen LogP contribution < -0.4 is 0 Å². The van der Waals surface area contributed by atoms with E-state index in [4.69, 9.17) is 0 Å². The molecule has 18 heavy (non-hydrogen) atoms. The van der Waals surface area contributed by atoms with E-state index in [1.165, 1.54) is 0 Å². The summed E-state index contributed by atoms with van der Waals surface area (Å²) in [5.41, 5.74) is 5.34. The standard InChI is InChI=1S/C16H16O2/c1-10-4-5-14(15(9-10)16(17)18)13-7-11(2)6-12(3)8-13/h4-9H,1-3H3,(H,17,18). The number of benzene rings is 2. The van der Waals surface area contributed by atoms with Crippen molar-refractivity contribution in [3.63, 3.8) is 0 Å². The van der Waals surface area contributed by atoms with Crippen LogP contribution in [0.15, 0.2) is 36.4 Å². The number of rotatable bonds is 2. The lowest BCUT2D eigenvalue weighted by molar-refractivity contribution is 0.0697. The van der Waals surface area contributed by atoms with Crippen molar-refractivity contribution in [2.45, 2.75) is 20.8 Å². The molecule has 0 spiro atoms. The fourth-order valence-corrected chi connectivity index (χ4v) is 2.22. The number of aryl methyl sites for hydroxylation is 3. The average molecular weight is 240 g/mol. The van der Waals surface area contributed by atoms with E-state index in [1.807, 2.05) is 45.0 Å². The molecule has 2 aromatic rings. The summed E-state index contributed by atoms with van der Waals surface area (Å²) in [4.78, 5) is 11.3. The molecule has 0 aliphatic heterocycles. The molecule has 0 unspecified atom stereocenters. The van der Waals surface area contributed by atoms with Crippen LogP contribution >= 0.6 is 0 Å². The maximum absolute atomic E-state index is 11.3. The number of aromatic carboxylic acids is 1. The Bertz CT molecular complexity index is 592. The second-order valence-electron chi connectivity index (χ2n) is 4.73. The van der Waals surface area contributed by atoms with Crippen LogP contribution in [0.1, 0.15) is 27.0 Å². The molecule has 0 atom stereocenters. The van der Waals surface area contributed by atoms with Gasteiger partial charge in [-0.1, -0.05) is 47.0 Å². The van der Waals surface area contributed by atoms with Crippen LogP contribution in [-0.2, 0) is 0 Å². The monoisotopic (exact) mass is 240 g/mol. The zero-order valence-electron chi connectivity index (χ0n) is 10.8. The molecular weight excluding hydrogens is 224 g/mol. The van der Waals surface area contributed by atoms with Gasteiger partial charge in [-0.2, -0.15) is 0 Å². The van der Waals surface area contributed by atoms with Crippen LogP contribution in [0, 0.1) is 20.8 Å². The van der Waals surface area contributed by atoms with Crippen molar-refractivity contribution in [2.24, 2.45) is 0 Å². The molecule has 2 heteroatoms. The Labute approximate surface area is 107 Å². The number of carboxylic acid groups (broad SMARTS) is 1. The van der Waals surface area contributed by atoms with E-state index in [9.17, 15) is 9.90 Å². The Kier molecular flexibility index (Phi) is 3.19. The molecule has 0 aromatic heterocycles. The van der Waals surface area contributed by atoms with Gasteiger partial charge in [0, 0.05) is 0 Å². The van der Waals surface area contributed by atoms with Crippen molar-refractivity contribution in [2.75, 3.05) is 0 Å². The van der Waals surface area contributed by atoms with Gasteiger partial charge in [0.1, 0.15) is 0 Å². The molecule has 2 rings (SSSR count). The summed E-state index contributed by atoms with van der Waals surface area (Å²) in [6, 6.07) is 11.7. The molecule has 2 nitrogen and oxygen atoms in total. The predicted octanol–water partition coefficient (Wildman–Crippen LogP) is 3.98. The number of carboxylic acids is 1. The highest BCUT2D eigenvalue weighted by atomic mass is 16.4. The van der Waals surface area contributed by atoms with Gasteiger partial charge in [0.2, 0.25) is 0 Å². The molecule has 0 fully saturated rings. The van der Waals surface area contributed by atoms with Crippen LogP contribution in [0.2, 0.25) is 0 Å². The number of hydrogen-bond acceptors (Lipinski definition) is 1. The first kappa shape index (κ1) is 12.4. The quantitative estimate of drug-likeness (QED) is 0.862. The van der Waals surface area contributed by atoms with Gasteiger partial charge in [-0.25, -0.2) is 4.79 Å². The second-order valence-corrected chi connectivity index (χ2v) is 4.73. The van der Waals surface area contributed by atoms with Gasteiger partial charge in [0.25, 0.3) is 0 Å². The lowest BCUT2D eigenvalue weighted by atomic mass is 9.95. The fourth-order valence-electron chi connectivity index (χ4n) is 2.22. The molecule has 92 valence electrons. The smallest absolute Gasteiger partial charge is 0.336 e. The summed E-state index contributed by atoms with van der Waals surface area (Å²) in [5, 5.41) is 9.29. The Balaban J connectivity index is 2.66. The molecular formula is C16H16O2. The highest BCUT2D eigenvalue weighted by Gasteiger charge is 2.12.